The molecule has 0 radical (unpaired) electrons. The van der Waals surface area contributed by atoms with Crippen LogP contribution in [0.4, 0.5) is 5.13 Å². The van der Waals surface area contributed by atoms with Gasteiger partial charge < -0.3 is 9.47 Å². The summed E-state index contributed by atoms with van der Waals surface area (Å²) in [4.78, 5) is 27.2. The number of carbonyl (C=O) groups is 2. The third-order valence-corrected chi connectivity index (χ3v) is 3.54. The molecule has 2 rings (SSSR count). The maximum atomic E-state index is 11.7. The number of hydrogen-bond donors (Lipinski definition) is 1. The van der Waals surface area contributed by atoms with Crippen LogP contribution >= 0.6 is 22.9 Å². The summed E-state index contributed by atoms with van der Waals surface area (Å²) in [5.41, 5.74) is 0. The molecule has 0 spiro atoms. The number of rotatable bonds is 5. The van der Waals surface area contributed by atoms with E-state index in [9.17, 15) is 9.59 Å². The summed E-state index contributed by atoms with van der Waals surface area (Å²) >= 11 is 6.92. The highest BCUT2D eigenvalue weighted by atomic mass is 35.5. The van der Waals surface area contributed by atoms with Crippen LogP contribution in [-0.2, 0) is 9.53 Å². The zero-order chi connectivity index (χ0) is 15.2. The summed E-state index contributed by atoms with van der Waals surface area (Å²) in [6, 6.07) is 6.84. The molecular weight excluding hydrogens is 316 g/mol. The van der Waals surface area contributed by atoms with Crippen LogP contribution in [0.25, 0.3) is 0 Å². The van der Waals surface area contributed by atoms with E-state index in [1.165, 1.54) is 13.3 Å². The van der Waals surface area contributed by atoms with E-state index in [0.29, 0.717) is 20.8 Å². The normalized spacial score (nSPS) is 10.0. The molecule has 0 atom stereocenters. The van der Waals surface area contributed by atoms with Crippen molar-refractivity contribution in [3.8, 4) is 5.75 Å². The number of amides is 1. The Hall–Kier alpha value is -2.12. The van der Waals surface area contributed by atoms with Crippen molar-refractivity contribution in [1.29, 1.82) is 0 Å². The Kier molecular flexibility index (Phi) is 5.13. The van der Waals surface area contributed by atoms with Crippen LogP contribution in [0.5, 0.6) is 5.75 Å². The maximum absolute atomic E-state index is 11.7. The number of halogens is 1. The first-order valence-electron chi connectivity index (χ1n) is 5.81. The second kappa shape index (κ2) is 7.05. The Balaban J connectivity index is 1.89. The van der Waals surface area contributed by atoms with E-state index in [1.54, 1.807) is 24.3 Å². The lowest BCUT2D eigenvalue weighted by Gasteiger charge is -2.06. The first kappa shape index (κ1) is 15.3. The van der Waals surface area contributed by atoms with Crippen LogP contribution in [0.3, 0.4) is 0 Å². The minimum Gasteiger partial charge on any atom is -0.482 e. The fourth-order valence-corrected chi connectivity index (χ4v) is 2.33. The topological polar surface area (TPSA) is 77.5 Å². The molecule has 2 aromatic rings. The van der Waals surface area contributed by atoms with Crippen molar-refractivity contribution in [2.45, 2.75) is 0 Å². The summed E-state index contributed by atoms with van der Waals surface area (Å²) in [6.45, 7) is -0.211. The Bertz CT molecular complexity index is 659. The van der Waals surface area contributed by atoms with Gasteiger partial charge in [-0.1, -0.05) is 35.1 Å². The van der Waals surface area contributed by atoms with Gasteiger partial charge in [-0.05, 0) is 12.1 Å². The molecule has 6 nitrogen and oxygen atoms in total. The Morgan fingerprint density at radius 1 is 1.38 bits per heavy atom. The highest BCUT2D eigenvalue weighted by Gasteiger charge is 2.13. The number of benzene rings is 1. The number of anilines is 1. The fraction of sp³-hybridized carbons (Fsp3) is 0.154. The van der Waals surface area contributed by atoms with Crippen molar-refractivity contribution in [3.63, 3.8) is 0 Å². The molecule has 1 amide bonds. The number of para-hydroxylation sites is 1. The van der Waals surface area contributed by atoms with Gasteiger partial charge in [-0.3, -0.25) is 10.1 Å². The van der Waals surface area contributed by atoms with Gasteiger partial charge in [0.05, 0.1) is 18.3 Å². The summed E-state index contributed by atoms with van der Waals surface area (Å²) < 4.78 is 9.84. The Labute approximate surface area is 129 Å². The highest BCUT2D eigenvalue weighted by Crippen LogP contribution is 2.23. The summed E-state index contributed by atoms with van der Waals surface area (Å²) in [5, 5.41) is 3.24. The van der Waals surface area contributed by atoms with E-state index >= 15 is 0 Å². The third kappa shape index (κ3) is 4.17. The van der Waals surface area contributed by atoms with Gasteiger partial charge in [0, 0.05) is 0 Å². The van der Waals surface area contributed by atoms with E-state index < -0.39 is 11.9 Å². The van der Waals surface area contributed by atoms with Crippen LogP contribution in [0.1, 0.15) is 9.67 Å². The van der Waals surface area contributed by atoms with Gasteiger partial charge in [-0.15, -0.1) is 0 Å². The van der Waals surface area contributed by atoms with Crippen molar-refractivity contribution in [2.24, 2.45) is 0 Å². The third-order valence-electron chi connectivity index (χ3n) is 2.33. The molecule has 1 aromatic carbocycles. The lowest BCUT2D eigenvalue weighted by Crippen LogP contribution is -2.20. The second-order valence-corrected chi connectivity index (χ2v) is 5.23. The zero-order valence-corrected chi connectivity index (χ0v) is 12.5. The number of hydrogen-bond acceptors (Lipinski definition) is 6. The van der Waals surface area contributed by atoms with Gasteiger partial charge in [0.1, 0.15) is 10.6 Å². The predicted octanol–water partition coefficient (Wildman–Crippen LogP) is 2.60. The molecule has 110 valence electrons. The van der Waals surface area contributed by atoms with Gasteiger partial charge in [-0.25, -0.2) is 9.78 Å². The van der Waals surface area contributed by atoms with Gasteiger partial charge in [0.2, 0.25) is 0 Å². The SMILES string of the molecule is COC(=O)c1cnc(NC(=O)COc2ccccc2Cl)s1. The molecule has 0 fully saturated rings. The Morgan fingerprint density at radius 2 is 2.14 bits per heavy atom. The Morgan fingerprint density at radius 3 is 2.86 bits per heavy atom. The van der Waals surface area contributed by atoms with Crippen molar-refractivity contribution in [2.75, 3.05) is 19.0 Å². The van der Waals surface area contributed by atoms with Crippen LogP contribution in [0.2, 0.25) is 5.02 Å². The van der Waals surface area contributed by atoms with E-state index in [2.05, 4.69) is 15.0 Å². The lowest BCUT2D eigenvalue weighted by molar-refractivity contribution is -0.118. The number of methoxy groups -OCH3 is 1. The smallest absolute Gasteiger partial charge is 0.349 e. The van der Waals surface area contributed by atoms with E-state index in [1.807, 2.05) is 0 Å². The molecule has 1 heterocycles. The highest BCUT2D eigenvalue weighted by molar-refractivity contribution is 7.17. The summed E-state index contributed by atoms with van der Waals surface area (Å²) in [7, 11) is 1.28. The molecule has 0 unspecified atom stereocenters. The summed E-state index contributed by atoms with van der Waals surface area (Å²) in [6.07, 6.45) is 1.33. The molecule has 1 N–H and O–H groups in total. The molecular formula is C13H11ClN2O4S. The average molecular weight is 327 g/mol. The number of nitrogens with zero attached hydrogens (tertiary/aromatic N) is 1. The molecule has 21 heavy (non-hydrogen) atoms. The van der Waals surface area contributed by atoms with Gasteiger partial charge in [0.25, 0.3) is 5.91 Å². The van der Waals surface area contributed by atoms with Crippen LogP contribution < -0.4 is 10.1 Å². The van der Waals surface area contributed by atoms with Crippen molar-refractivity contribution < 1.29 is 19.1 Å². The molecule has 0 saturated carbocycles. The molecule has 0 bridgehead atoms. The number of ether oxygens (including phenoxy) is 2. The summed E-state index contributed by atoms with van der Waals surface area (Å²) in [5.74, 6) is -0.482. The van der Waals surface area contributed by atoms with Crippen molar-refractivity contribution in [1.82, 2.24) is 4.98 Å². The number of nitrogens with one attached hydrogen (secondary N) is 1. The van der Waals surface area contributed by atoms with Crippen LogP contribution in [0, 0.1) is 0 Å². The minimum atomic E-state index is -0.500. The van der Waals surface area contributed by atoms with E-state index in [0.717, 1.165) is 11.3 Å². The predicted molar refractivity (Wildman–Crippen MR) is 79.0 cm³/mol. The average Bonchev–Trinajstić information content (AvgIpc) is 2.94. The number of aromatic nitrogens is 1. The quantitative estimate of drug-likeness (QED) is 0.854. The monoisotopic (exact) mass is 326 g/mol. The van der Waals surface area contributed by atoms with Crippen LogP contribution in [-0.4, -0.2) is 30.6 Å². The van der Waals surface area contributed by atoms with E-state index in [4.69, 9.17) is 16.3 Å². The van der Waals surface area contributed by atoms with Crippen LogP contribution in [0.15, 0.2) is 30.5 Å². The van der Waals surface area contributed by atoms with Gasteiger partial charge in [-0.2, -0.15) is 0 Å². The van der Waals surface area contributed by atoms with E-state index in [-0.39, 0.29) is 6.61 Å². The molecule has 1 aromatic heterocycles. The first-order chi connectivity index (χ1) is 10.1. The second-order valence-electron chi connectivity index (χ2n) is 3.79. The molecule has 0 aliphatic carbocycles. The first-order valence-corrected chi connectivity index (χ1v) is 7.01. The number of thiazole rings is 1. The lowest BCUT2D eigenvalue weighted by atomic mass is 10.3. The molecule has 0 aliphatic rings. The number of carbonyl (C=O) groups excluding carboxylic acids is 2. The van der Waals surface area contributed by atoms with Crippen molar-refractivity contribution >= 4 is 39.9 Å². The molecule has 0 aliphatic heterocycles. The largest absolute Gasteiger partial charge is 0.482 e. The molecule has 8 heteroatoms. The standard InChI is InChI=1S/C13H11ClN2O4S/c1-19-12(18)10-6-15-13(21-10)16-11(17)7-20-9-5-3-2-4-8(9)14/h2-6H,7H2,1H3,(H,15,16,17). The fourth-order valence-electron chi connectivity index (χ4n) is 1.39. The zero-order valence-electron chi connectivity index (χ0n) is 11.0. The number of esters is 1. The van der Waals surface area contributed by atoms with Crippen molar-refractivity contribution in [3.05, 3.63) is 40.4 Å². The molecule has 0 saturated heterocycles. The minimum absolute atomic E-state index is 0.211. The van der Waals surface area contributed by atoms with Gasteiger partial charge in [0.15, 0.2) is 11.7 Å². The maximum Gasteiger partial charge on any atom is 0.349 e. The van der Waals surface area contributed by atoms with Gasteiger partial charge >= 0.3 is 5.97 Å².